The molecule has 2 aromatic rings. The minimum atomic E-state index is -0.603. The maximum atomic E-state index is 16.0. The van der Waals surface area contributed by atoms with Gasteiger partial charge < -0.3 is 15.8 Å². The lowest BCUT2D eigenvalue weighted by molar-refractivity contribution is 0.142. The topological polar surface area (TPSA) is 112 Å². The molecule has 0 aromatic carbocycles. The van der Waals surface area contributed by atoms with E-state index >= 15 is 4.39 Å². The van der Waals surface area contributed by atoms with E-state index in [1.54, 1.807) is 11.3 Å². The number of aromatic nitrogens is 2. The molecule has 0 amide bonds. The van der Waals surface area contributed by atoms with E-state index in [1.165, 1.54) is 4.88 Å². The number of hydrogen-bond donors (Lipinski definition) is 4. The molecular formula is C22H26FN3O3S. The van der Waals surface area contributed by atoms with Crippen LogP contribution in [0.5, 0.6) is 0 Å². The van der Waals surface area contributed by atoms with Crippen molar-refractivity contribution in [2.24, 2.45) is 11.7 Å². The van der Waals surface area contributed by atoms with Gasteiger partial charge in [0.1, 0.15) is 5.83 Å². The Balaban J connectivity index is 1.65. The minimum absolute atomic E-state index is 0.0208. The Morgan fingerprint density at radius 2 is 2.07 bits per heavy atom. The first-order valence-electron chi connectivity index (χ1n) is 10.7. The summed E-state index contributed by atoms with van der Waals surface area (Å²) in [5, 5.41) is 10.4. The zero-order chi connectivity index (χ0) is 21.2. The van der Waals surface area contributed by atoms with Crippen molar-refractivity contribution in [3.63, 3.8) is 0 Å². The van der Waals surface area contributed by atoms with Crippen molar-refractivity contribution in [3.8, 4) is 0 Å². The summed E-state index contributed by atoms with van der Waals surface area (Å²) in [5.74, 6) is -1.13. The molecule has 0 spiro atoms. The number of aryl methyl sites for hydroxylation is 1. The van der Waals surface area contributed by atoms with Gasteiger partial charge in [0.15, 0.2) is 0 Å². The number of aromatic amines is 2. The summed E-state index contributed by atoms with van der Waals surface area (Å²) in [7, 11) is 0. The van der Waals surface area contributed by atoms with Gasteiger partial charge in [0.25, 0.3) is 5.56 Å². The van der Waals surface area contributed by atoms with E-state index in [0.717, 1.165) is 42.5 Å². The molecule has 0 aliphatic heterocycles. The first kappa shape index (κ1) is 19.9. The molecule has 160 valence electrons. The predicted octanol–water partition coefficient (Wildman–Crippen LogP) is 2.86. The molecule has 3 aliphatic rings. The van der Waals surface area contributed by atoms with Crippen LogP contribution >= 0.6 is 11.3 Å². The Hall–Kier alpha value is -2.03. The lowest BCUT2D eigenvalue weighted by atomic mass is 9.76. The van der Waals surface area contributed by atoms with Crippen LogP contribution in [0.4, 0.5) is 4.39 Å². The summed E-state index contributed by atoms with van der Waals surface area (Å²) >= 11 is 1.59. The van der Waals surface area contributed by atoms with Crippen molar-refractivity contribution < 1.29 is 9.50 Å². The highest BCUT2D eigenvalue weighted by molar-refractivity contribution is 7.12. The molecule has 5 rings (SSSR count). The average Bonchev–Trinajstić information content (AvgIpc) is 3.46. The van der Waals surface area contributed by atoms with Crippen LogP contribution < -0.4 is 17.0 Å². The predicted molar refractivity (Wildman–Crippen MR) is 115 cm³/mol. The van der Waals surface area contributed by atoms with Crippen molar-refractivity contribution >= 4 is 16.9 Å². The van der Waals surface area contributed by atoms with Crippen LogP contribution in [0, 0.1) is 5.92 Å². The molecule has 6 nitrogen and oxygen atoms in total. The Labute approximate surface area is 177 Å². The van der Waals surface area contributed by atoms with Crippen molar-refractivity contribution in [3.05, 3.63) is 59.3 Å². The molecule has 0 radical (unpaired) electrons. The third-order valence-corrected chi connectivity index (χ3v) is 8.20. The number of hydrogen-bond acceptors (Lipinski definition) is 5. The number of H-pyrrole nitrogens is 2. The SMILES string of the molecule is CC1c2[nH]c(=O)[nH]c(=O)c2C(C2CC2)=C(F)C1c1cc2c(s1)CCCC2C(O)CN. The number of nitrogens with one attached hydrogen (secondary N) is 2. The third-order valence-electron chi connectivity index (χ3n) is 6.90. The van der Waals surface area contributed by atoms with Gasteiger partial charge in [-0.1, -0.05) is 6.92 Å². The molecule has 0 bridgehead atoms. The van der Waals surface area contributed by atoms with Gasteiger partial charge >= 0.3 is 5.69 Å². The van der Waals surface area contributed by atoms with Crippen molar-refractivity contribution in [1.82, 2.24) is 9.97 Å². The van der Waals surface area contributed by atoms with E-state index < -0.39 is 23.3 Å². The molecule has 0 saturated heterocycles. The quantitative estimate of drug-likeness (QED) is 0.596. The van der Waals surface area contributed by atoms with Crippen LogP contribution in [0.25, 0.3) is 5.57 Å². The molecule has 1 fully saturated rings. The van der Waals surface area contributed by atoms with Crippen LogP contribution in [0.3, 0.4) is 0 Å². The molecule has 30 heavy (non-hydrogen) atoms. The number of aliphatic hydroxyl groups is 1. The second kappa shape index (κ2) is 7.28. The largest absolute Gasteiger partial charge is 0.391 e. The minimum Gasteiger partial charge on any atom is -0.391 e. The number of fused-ring (bicyclic) bond motifs is 2. The first-order chi connectivity index (χ1) is 14.4. The molecular weight excluding hydrogens is 405 g/mol. The van der Waals surface area contributed by atoms with Gasteiger partial charge in [-0.3, -0.25) is 9.78 Å². The molecule has 1 saturated carbocycles. The summed E-state index contributed by atoms with van der Waals surface area (Å²) in [6.07, 6.45) is 3.88. The van der Waals surface area contributed by atoms with Crippen LogP contribution in [0.2, 0.25) is 0 Å². The number of thiophene rings is 1. The van der Waals surface area contributed by atoms with Crippen LogP contribution in [0.15, 0.2) is 21.5 Å². The molecule has 2 aromatic heterocycles. The van der Waals surface area contributed by atoms with Gasteiger partial charge in [-0.05, 0) is 49.7 Å². The fourth-order valence-electron chi connectivity index (χ4n) is 5.26. The lowest BCUT2D eigenvalue weighted by Crippen LogP contribution is -2.33. The number of aliphatic hydroxyl groups excluding tert-OH is 1. The van der Waals surface area contributed by atoms with E-state index in [9.17, 15) is 14.7 Å². The number of halogens is 1. The molecule has 4 unspecified atom stereocenters. The van der Waals surface area contributed by atoms with Gasteiger partial charge in [0, 0.05) is 39.4 Å². The Morgan fingerprint density at radius 1 is 1.30 bits per heavy atom. The standard InChI is InChI=1S/C22H26FN3O3S/c1-9-16(15-7-12-11(13(27)8-24)3-2-4-14(12)30-15)19(23)17(10-5-6-10)18-20(9)25-22(29)26-21(18)28/h7,9-11,13,16,27H,2-6,8,24H2,1H3,(H2,25,26,28,29). The van der Waals surface area contributed by atoms with Gasteiger partial charge in [0.2, 0.25) is 0 Å². The lowest BCUT2D eigenvalue weighted by Gasteiger charge is -2.30. The molecule has 2 heterocycles. The number of nitrogens with two attached hydrogens (primary N) is 1. The zero-order valence-corrected chi connectivity index (χ0v) is 17.7. The van der Waals surface area contributed by atoms with Crippen LogP contribution in [-0.2, 0) is 6.42 Å². The molecule has 8 heteroatoms. The summed E-state index contributed by atoms with van der Waals surface area (Å²) in [6.45, 7) is 2.07. The van der Waals surface area contributed by atoms with E-state index in [0.29, 0.717) is 16.8 Å². The summed E-state index contributed by atoms with van der Waals surface area (Å²) in [5.41, 5.74) is 7.04. The second-order valence-corrected chi connectivity index (χ2v) is 10.00. The Morgan fingerprint density at radius 3 is 2.77 bits per heavy atom. The number of rotatable bonds is 4. The fraction of sp³-hybridized carbons (Fsp3) is 0.545. The highest BCUT2D eigenvalue weighted by Gasteiger charge is 2.43. The maximum absolute atomic E-state index is 16.0. The van der Waals surface area contributed by atoms with E-state index in [1.807, 2.05) is 13.0 Å². The van der Waals surface area contributed by atoms with Crippen LogP contribution in [0.1, 0.15) is 76.9 Å². The molecule has 5 N–H and O–H groups in total. The van der Waals surface area contributed by atoms with E-state index in [-0.39, 0.29) is 30.1 Å². The second-order valence-electron chi connectivity index (χ2n) is 8.83. The average molecular weight is 432 g/mol. The van der Waals surface area contributed by atoms with Gasteiger partial charge in [-0.2, -0.15) is 0 Å². The maximum Gasteiger partial charge on any atom is 0.325 e. The fourth-order valence-corrected chi connectivity index (χ4v) is 6.74. The summed E-state index contributed by atoms with van der Waals surface area (Å²) in [6, 6.07) is 2.03. The summed E-state index contributed by atoms with van der Waals surface area (Å²) in [4.78, 5) is 31.7. The van der Waals surface area contributed by atoms with Crippen molar-refractivity contribution in [2.45, 2.75) is 62.9 Å². The van der Waals surface area contributed by atoms with E-state index in [4.69, 9.17) is 5.73 Å². The first-order valence-corrected chi connectivity index (χ1v) is 11.5. The summed E-state index contributed by atoms with van der Waals surface area (Å²) < 4.78 is 16.0. The van der Waals surface area contributed by atoms with Crippen LogP contribution in [-0.4, -0.2) is 27.7 Å². The Kier molecular flexibility index (Phi) is 4.83. The monoisotopic (exact) mass is 431 g/mol. The van der Waals surface area contributed by atoms with Crippen molar-refractivity contribution in [1.29, 1.82) is 0 Å². The Bertz CT molecular complexity index is 1140. The van der Waals surface area contributed by atoms with Gasteiger partial charge in [0.05, 0.1) is 17.6 Å². The van der Waals surface area contributed by atoms with E-state index in [2.05, 4.69) is 9.97 Å². The highest BCUT2D eigenvalue weighted by atomic mass is 32.1. The molecule has 3 aliphatic carbocycles. The molecule has 4 atom stereocenters. The third kappa shape index (κ3) is 3.04. The van der Waals surface area contributed by atoms with Gasteiger partial charge in [-0.15, -0.1) is 11.3 Å². The normalized spacial score (nSPS) is 27.0. The van der Waals surface area contributed by atoms with Gasteiger partial charge in [-0.25, -0.2) is 9.18 Å². The zero-order valence-electron chi connectivity index (χ0n) is 16.8. The highest BCUT2D eigenvalue weighted by Crippen LogP contribution is 2.55. The number of allylic oxidation sites excluding steroid dienone is 2. The van der Waals surface area contributed by atoms with Crippen molar-refractivity contribution in [2.75, 3.05) is 6.54 Å². The smallest absolute Gasteiger partial charge is 0.325 e.